The van der Waals surface area contributed by atoms with Crippen LogP contribution in [0, 0.1) is 6.92 Å². The van der Waals surface area contributed by atoms with Gasteiger partial charge in [-0.3, -0.25) is 58.2 Å². The summed E-state index contributed by atoms with van der Waals surface area (Å²) in [7, 11) is 1.61. The molecule has 16 heterocycles. The highest BCUT2D eigenvalue weighted by Gasteiger charge is 2.56. The van der Waals surface area contributed by atoms with Crippen LogP contribution in [0.2, 0.25) is 0 Å². The average Bonchev–Trinajstić information content (AvgIpc) is 1.53. The Hall–Kier alpha value is -11.7. The second kappa shape index (κ2) is 38.9. The highest BCUT2D eigenvalue weighted by Crippen LogP contribution is 2.59. The van der Waals surface area contributed by atoms with E-state index in [0.717, 1.165) is 139 Å². The Morgan fingerprint density at radius 3 is 0.977 bits per heavy atom. The molecule has 12 aliphatic heterocycles. The van der Waals surface area contributed by atoms with Crippen molar-refractivity contribution in [2.45, 2.75) is 253 Å². The van der Waals surface area contributed by atoms with Crippen LogP contribution in [0.4, 0.5) is 0 Å². The lowest BCUT2D eigenvalue weighted by molar-refractivity contribution is -0.122. The number of unbranched alkanes of at least 4 members (excludes halogenated alkanes) is 24. The van der Waals surface area contributed by atoms with Crippen molar-refractivity contribution in [1.29, 1.82) is 0 Å². The van der Waals surface area contributed by atoms with Gasteiger partial charge in [0.15, 0.2) is 11.5 Å². The van der Waals surface area contributed by atoms with E-state index in [1.165, 1.54) is 176 Å². The lowest BCUT2D eigenvalue weighted by Gasteiger charge is -2.31. The normalized spacial score (nSPS) is 16.7. The molecule has 0 atom stereocenters. The predicted octanol–water partition coefficient (Wildman–Crippen LogP) is 25.9. The van der Waals surface area contributed by atoms with Gasteiger partial charge in [0.2, 0.25) is 0 Å². The molecular weight excluding hydrogens is 1650 g/mol. The molecule has 8 aromatic rings. The monoisotopic (exact) mass is 1760 g/mol. The molecule has 0 saturated heterocycles. The Kier molecular flexibility index (Phi) is 26.5. The highest BCUT2D eigenvalue weighted by atomic mass is 32.1. The minimum absolute atomic E-state index is 0.0485. The molecule has 0 unspecified atom stereocenters. The van der Waals surface area contributed by atoms with E-state index in [9.17, 15) is 39.0 Å². The number of furan rings is 2. The number of amides is 6. The van der Waals surface area contributed by atoms with E-state index in [1.54, 1.807) is 84.0 Å². The number of hydrogen-bond donors (Lipinski definition) is 2. The molecule has 2 N–H and O–H groups in total. The highest BCUT2D eigenvalue weighted by molar-refractivity contribution is 7.12. The minimum atomic E-state index is -0.302. The number of fused-ring (bicyclic) bond motifs is 21. The van der Waals surface area contributed by atoms with E-state index in [0.29, 0.717) is 90.2 Å². The van der Waals surface area contributed by atoms with Gasteiger partial charge >= 0.3 is 0 Å². The number of carbonyl (C=O) groups excluding carboxylic acids is 6. The third-order valence-corrected chi connectivity index (χ3v) is 29.3. The van der Waals surface area contributed by atoms with Crippen LogP contribution in [-0.2, 0) is 42.0 Å². The minimum Gasteiger partial charge on any atom is -0.496 e. The molecule has 664 valence electrons. The summed E-state index contributed by atoms with van der Waals surface area (Å²) in [5.74, 6) is 0.821. The lowest BCUT2D eigenvalue weighted by Crippen LogP contribution is -2.28. The van der Waals surface area contributed by atoms with Crippen molar-refractivity contribution in [3.63, 3.8) is 0 Å². The van der Waals surface area contributed by atoms with Crippen molar-refractivity contribution in [3.8, 4) is 5.75 Å². The number of nitrogens with zero attached hydrogens (tertiary/aromatic N) is 6. The maximum absolute atomic E-state index is 14.5. The molecule has 0 spiro atoms. The Bertz CT molecular complexity index is 5980. The second-order valence-corrected chi connectivity index (χ2v) is 37.6. The zero-order valence-corrected chi connectivity index (χ0v) is 76.9. The smallest absolute Gasteiger partial charge is 0.265 e. The summed E-state index contributed by atoms with van der Waals surface area (Å²) in [4.78, 5) is 97.5. The predicted molar refractivity (Wildman–Crippen MR) is 514 cm³/mol. The number of methoxy groups -OCH3 is 1. The molecule has 0 fully saturated rings. The summed E-state index contributed by atoms with van der Waals surface area (Å²) in [5.41, 5.74) is 24.1. The first-order valence-corrected chi connectivity index (χ1v) is 49.3. The van der Waals surface area contributed by atoms with Crippen LogP contribution in [0.25, 0.3) is 67.6 Å². The van der Waals surface area contributed by atoms with Gasteiger partial charge in [0.1, 0.15) is 17.1 Å². The molecule has 129 heavy (non-hydrogen) atoms. The van der Waals surface area contributed by atoms with Crippen LogP contribution in [-0.4, -0.2) is 82.2 Å². The van der Waals surface area contributed by atoms with Gasteiger partial charge in [0, 0.05) is 70.6 Å². The number of benzene rings is 4. The molecule has 0 saturated carbocycles. The maximum Gasteiger partial charge on any atom is 0.265 e. The van der Waals surface area contributed by atoms with E-state index < -0.39 is 0 Å². The summed E-state index contributed by atoms with van der Waals surface area (Å²) in [6.07, 6.45) is 53.7. The third kappa shape index (κ3) is 16.2. The number of hydrogen-bond acceptors (Lipinski definition) is 13. The molecular formula is C110H116N6O11S2. The van der Waals surface area contributed by atoms with Crippen molar-refractivity contribution in [2.24, 2.45) is 0 Å². The fourth-order valence-electron chi connectivity index (χ4n) is 20.8. The first kappa shape index (κ1) is 87.9. The van der Waals surface area contributed by atoms with Gasteiger partial charge in [0.25, 0.3) is 35.4 Å². The standard InChI is InChI=1S/C38H28N2O5.C38H48N2O2S2.C34H40N2O4/c1-21-13-26-29(16-32(21)45-2)36-34-33(37(43)40(36)17-30(26)22-9-5-3-6-10-22)35-28-15-25(20-42)24(19-41)14-27(28)31(18-39(35)38(34)44)23-11-7-4-8-12-23;1-3-5-7-9-11-13-15-17-19-27-25-39-33(35-29(27)21-23-43-35)31-32(37(39)41)34-36-30(22-24-44-36)28(26-40(34)38(31)42)20-18-16-14-12-10-8-6-4-2;1-3-5-7-9-11-13-15-23-21-35-29(31-25(23)17-19-39-31)27-28(33(35)37)30-32-26(18-20-40-32)24(22-36(30)34(27)38)16-14-12-10-8-6-4-2/h3-18,41-42H,19-20H2,1-2H3;21-26H,3-20H2,1-2H3;17-22H,3-16H2,1-2H3. The average molecular weight is 1760 g/mol. The van der Waals surface area contributed by atoms with Crippen LogP contribution in [0.15, 0.2) is 212 Å². The van der Waals surface area contributed by atoms with Crippen LogP contribution >= 0.6 is 22.7 Å². The number of aryl methyl sites for hydroxylation is 1. The number of aliphatic hydroxyl groups excluding tert-OH is 2. The summed E-state index contributed by atoms with van der Waals surface area (Å²) in [6, 6.07) is 35.5. The molecule has 17 nitrogen and oxygen atoms in total. The third-order valence-electron chi connectivity index (χ3n) is 27.4. The van der Waals surface area contributed by atoms with Gasteiger partial charge in [-0.15, -0.1) is 22.7 Å². The SMILES string of the molecule is CCCCCCCCC1=CN2C(=O)C3=C4c5occc5C(CCCCCCCC)=CN4C(=O)C3=C2c2occc21.CCCCCCCCCCC1=CN2C(=O)C3=C4c5sccc5C(CCCCCCCCCC)=CN4C(=O)C3=C2c2sccc21.COc1cc2c(cc1C)C(c1ccccc1)=CN1C(=O)C3=C4c5cc(CO)c(CO)cc5C(c5ccccc5)=CN4C(=O)C3=C21. The van der Waals surface area contributed by atoms with Crippen LogP contribution in [0.5, 0.6) is 5.75 Å². The maximum atomic E-state index is 14.5. The Morgan fingerprint density at radius 2 is 0.620 bits per heavy atom. The van der Waals surface area contributed by atoms with E-state index in [2.05, 4.69) is 50.6 Å². The molecule has 0 bridgehead atoms. The Balaban J connectivity index is 0.000000131. The lowest BCUT2D eigenvalue weighted by atomic mass is 9.86. The number of aliphatic hydroxyl groups is 2. The molecule has 20 rings (SSSR count). The molecule has 12 aliphatic rings. The topological polar surface area (TPSA) is 198 Å². The Labute approximate surface area is 765 Å². The van der Waals surface area contributed by atoms with Crippen LogP contribution < -0.4 is 4.74 Å². The number of carbonyl (C=O) groups is 6. The van der Waals surface area contributed by atoms with Crippen LogP contribution in [0.3, 0.4) is 0 Å². The molecule has 4 aromatic carbocycles. The van der Waals surface area contributed by atoms with Gasteiger partial charge < -0.3 is 23.8 Å². The summed E-state index contributed by atoms with van der Waals surface area (Å²) in [6.45, 7) is 10.4. The number of allylic oxidation sites excluding steroid dienone is 4. The number of thiophene rings is 2. The van der Waals surface area contributed by atoms with E-state index >= 15 is 0 Å². The van der Waals surface area contributed by atoms with Crippen LogP contribution in [0.1, 0.15) is 327 Å². The van der Waals surface area contributed by atoms with Gasteiger partial charge in [-0.05, 0) is 190 Å². The zero-order chi connectivity index (χ0) is 89.1. The van der Waals surface area contributed by atoms with Gasteiger partial charge in [-0.1, -0.05) is 242 Å². The first-order chi connectivity index (χ1) is 63.2. The Morgan fingerprint density at radius 1 is 0.318 bits per heavy atom. The molecule has 0 radical (unpaired) electrons. The molecule has 0 aliphatic carbocycles. The van der Waals surface area contributed by atoms with Gasteiger partial charge in [-0.2, -0.15) is 0 Å². The summed E-state index contributed by atoms with van der Waals surface area (Å²) in [5, 5.41) is 24.6. The second-order valence-electron chi connectivity index (χ2n) is 35.8. The number of rotatable bonds is 37. The van der Waals surface area contributed by atoms with Crippen molar-refractivity contribution in [1.82, 2.24) is 29.4 Å². The van der Waals surface area contributed by atoms with Crippen molar-refractivity contribution < 1.29 is 52.6 Å². The zero-order valence-electron chi connectivity index (χ0n) is 75.3. The fourth-order valence-corrected chi connectivity index (χ4v) is 22.7. The summed E-state index contributed by atoms with van der Waals surface area (Å²) >= 11 is 3.32. The number of ether oxygens (including phenoxy) is 1. The van der Waals surface area contributed by atoms with Crippen molar-refractivity contribution in [2.75, 3.05) is 7.11 Å². The van der Waals surface area contributed by atoms with E-state index in [4.69, 9.17) is 13.6 Å². The van der Waals surface area contributed by atoms with Crippen molar-refractivity contribution in [3.05, 3.63) is 297 Å². The summed E-state index contributed by atoms with van der Waals surface area (Å²) < 4.78 is 17.6. The molecule has 4 aromatic heterocycles. The molecule has 19 heteroatoms. The van der Waals surface area contributed by atoms with Gasteiger partial charge in [0.05, 0.1) is 98.8 Å². The van der Waals surface area contributed by atoms with Gasteiger partial charge in [-0.25, -0.2) is 0 Å². The van der Waals surface area contributed by atoms with E-state index in [1.807, 2.05) is 129 Å². The largest absolute Gasteiger partial charge is 0.496 e. The van der Waals surface area contributed by atoms with Crippen molar-refractivity contribution >= 4 is 126 Å². The van der Waals surface area contributed by atoms with E-state index in [-0.39, 0.29) is 48.7 Å². The molecule has 6 amide bonds. The quantitative estimate of drug-likeness (QED) is 0.0351. The first-order valence-electron chi connectivity index (χ1n) is 47.5. The fraction of sp³-hybridized carbons (Fsp3) is 0.364.